The van der Waals surface area contributed by atoms with E-state index in [-0.39, 0.29) is 0 Å². The molecule has 0 N–H and O–H groups in total. The molecule has 0 saturated carbocycles. The van der Waals surface area contributed by atoms with E-state index in [1.54, 1.807) is 0 Å². The number of rotatable bonds is 5. The monoisotopic (exact) mass is 444 g/mol. The van der Waals surface area contributed by atoms with Gasteiger partial charge in [-0.1, -0.05) is 18.2 Å². The maximum Gasteiger partial charge on any atom is 0.370 e. The minimum Gasteiger partial charge on any atom is -0.411 e. The second-order valence-corrected chi connectivity index (χ2v) is 10.4. The van der Waals surface area contributed by atoms with E-state index in [4.69, 9.17) is 9.40 Å². The number of oxazole rings is 1. The summed E-state index contributed by atoms with van der Waals surface area (Å²) in [4.78, 5) is 7.12. The Hall–Kier alpha value is -2.96. The molecule has 2 bridgehead atoms. The van der Waals surface area contributed by atoms with Crippen molar-refractivity contribution in [3.05, 3.63) is 66.3 Å². The highest BCUT2D eigenvalue weighted by atomic mass is 16.3. The Morgan fingerprint density at radius 3 is 2.64 bits per heavy atom. The fraction of sp³-hybridized carbons (Fsp3) is 0.407. The van der Waals surface area contributed by atoms with Crippen LogP contribution in [0.2, 0.25) is 0 Å². The summed E-state index contributed by atoms with van der Waals surface area (Å²) in [6.45, 7) is 10.5. The van der Waals surface area contributed by atoms with Crippen LogP contribution >= 0.6 is 0 Å². The minimum absolute atomic E-state index is 0.645. The van der Waals surface area contributed by atoms with Crippen molar-refractivity contribution in [1.82, 2.24) is 4.98 Å². The van der Waals surface area contributed by atoms with Crippen LogP contribution < -0.4 is 9.47 Å². The molecule has 0 radical (unpaired) electrons. The van der Waals surface area contributed by atoms with Gasteiger partial charge >= 0.3 is 11.5 Å². The number of piperazine rings is 3. The third-order valence-electron chi connectivity index (χ3n) is 8.15. The molecule has 0 spiro atoms. The van der Waals surface area contributed by atoms with Crippen LogP contribution in [0.1, 0.15) is 17.9 Å². The van der Waals surface area contributed by atoms with E-state index in [1.165, 1.54) is 72.5 Å². The number of para-hydroxylation sites is 1. The first-order valence-corrected chi connectivity index (χ1v) is 12.2. The number of quaternary nitrogens is 2. The van der Waals surface area contributed by atoms with Crippen molar-refractivity contribution in [2.45, 2.75) is 6.42 Å². The third-order valence-corrected chi connectivity index (χ3v) is 8.15. The average Bonchev–Trinajstić information content (AvgIpc) is 3.25. The van der Waals surface area contributed by atoms with Gasteiger partial charge in [0.1, 0.15) is 39.3 Å². The molecule has 170 valence electrons. The first-order valence-electron chi connectivity index (χ1n) is 12.2. The lowest BCUT2D eigenvalue weighted by Crippen LogP contribution is -2.73. The van der Waals surface area contributed by atoms with Crippen molar-refractivity contribution in [1.29, 1.82) is 0 Å². The molecule has 0 aliphatic carbocycles. The molecule has 6 heteroatoms. The van der Waals surface area contributed by atoms with Gasteiger partial charge in [0, 0.05) is 41.5 Å². The lowest BCUT2D eigenvalue weighted by molar-refractivity contribution is -1.07. The number of hydrogen-bond acceptors (Lipinski definition) is 3. The summed E-state index contributed by atoms with van der Waals surface area (Å²) in [5.41, 5.74) is 5.32. The maximum absolute atomic E-state index is 6.00. The molecule has 6 heterocycles. The van der Waals surface area contributed by atoms with Gasteiger partial charge in [-0.2, -0.15) is 0 Å². The Morgan fingerprint density at radius 1 is 1.06 bits per heavy atom. The molecule has 3 fully saturated rings. The summed E-state index contributed by atoms with van der Waals surface area (Å²) in [5, 5.41) is 0. The Morgan fingerprint density at radius 2 is 1.85 bits per heavy atom. The van der Waals surface area contributed by atoms with Crippen LogP contribution in [0.5, 0.6) is 0 Å². The summed E-state index contributed by atoms with van der Waals surface area (Å²) in [7, 11) is 4.43. The van der Waals surface area contributed by atoms with E-state index in [0.717, 1.165) is 23.3 Å². The zero-order chi connectivity index (χ0) is 22.5. The van der Waals surface area contributed by atoms with Gasteiger partial charge in [-0.25, -0.2) is 4.57 Å². The zero-order valence-electron chi connectivity index (χ0n) is 19.8. The molecule has 33 heavy (non-hydrogen) atoms. The van der Waals surface area contributed by atoms with E-state index in [9.17, 15) is 0 Å². The van der Waals surface area contributed by atoms with Gasteiger partial charge in [-0.05, 0) is 29.8 Å². The van der Waals surface area contributed by atoms with Crippen molar-refractivity contribution in [2.24, 2.45) is 7.05 Å². The molecule has 6 nitrogen and oxygen atoms in total. The quantitative estimate of drug-likeness (QED) is 0.448. The van der Waals surface area contributed by atoms with E-state index >= 15 is 0 Å². The first-order chi connectivity index (χ1) is 16.0. The van der Waals surface area contributed by atoms with Gasteiger partial charge in [-0.15, -0.1) is 0 Å². The van der Waals surface area contributed by atoms with Crippen molar-refractivity contribution in [2.75, 3.05) is 64.3 Å². The summed E-state index contributed by atoms with van der Waals surface area (Å²) < 4.78 is 10.6. The van der Waals surface area contributed by atoms with Crippen LogP contribution in [0.4, 0.5) is 5.69 Å². The topological polar surface area (TPSA) is 33.1 Å². The Kier molecular flexibility index (Phi) is 4.89. The van der Waals surface area contributed by atoms with Crippen LogP contribution in [-0.4, -0.2) is 73.4 Å². The standard InChI is InChI=1S/C27H34N5O/c1-29-11-5-9-25-27(29)28-26(33-25)21-22-10-13-30(24-8-4-3-7-23(22)24)12-6-14-32-18-15-31(2,16-19-32)17-20-32/h3-5,7-11,13,21H,6,12,14-20H2,1-2H3/q+3. The number of hydrogen-bond donors (Lipinski definition) is 0. The summed E-state index contributed by atoms with van der Waals surface area (Å²) in [6.07, 6.45) is 9.71. The third kappa shape index (κ3) is 3.77. The molecule has 3 aromatic rings. The van der Waals surface area contributed by atoms with Crippen molar-refractivity contribution in [3.63, 3.8) is 0 Å². The van der Waals surface area contributed by atoms with Gasteiger partial charge in [0.15, 0.2) is 0 Å². The average molecular weight is 445 g/mol. The number of pyridine rings is 1. The molecule has 0 unspecified atom stereocenters. The van der Waals surface area contributed by atoms with Gasteiger partial charge in [0.2, 0.25) is 5.58 Å². The molecule has 4 aliphatic heterocycles. The van der Waals surface area contributed by atoms with E-state index in [2.05, 4.69) is 54.6 Å². The van der Waals surface area contributed by atoms with Gasteiger partial charge in [-0.3, -0.25) is 0 Å². The fourth-order valence-electron chi connectivity index (χ4n) is 5.80. The summed E-state index contributed by atoms with van der Waals surface area (Å²) >= 11 is 0. The number of likely N-dealkylation sites (N-methyl/N-ethyl adjacent to an activating group) is 1. The SMILES string of the molecule is C[n+]1cccc2oc(/C=C3\C=CN(CCC[N+]45CC[N+](C)(CC4)CC5)c4ccccc43)nc21. The summed E-state index contributed by atoms with van der Waals surface area (Å²) in [6, 6.07) is 12.6. The maximum atomic E-state index is 6.00. The van der Waals surface area contributed by atoms with Gasteiger partial charge < -0.3 is 18.3 Å². The molecular formula is C27H34N5O+3. The molecule has 4 aliphatic rings. The Balaban J connectivity index is 1.20. The van der Waals surface area contributed by atoms with Crippen LogP contribution in [0.25, 0.3) is 22.9 Å². The van der Waals surface area contributed by atoms with Gasteiger partial charge in [0.25, 0.3) is 0 Å². The molecule has 0 amide bonds. The van der Waals surface area contributed by atoms with Gasteiger partial charge in [0.05, 0.1) is 26.8 Å². The lowest BCUT2D eigenvalue weighted by atomic mass is 9.99. The fourth-order valence-corrected chi connectivity index (χ4v) is 5.80. The molecule has 7 rings (SSSR count). The minimum atomic E-state index is 0.645. The van der Waals surface area contributed by atoms with E-state index in [0.29, 0.717) is 5.89 Å². The Labute approximate surface area is 195 Å². The summed E-state index contributed by atoms with van der Waals surface area (Å²) in [5.74, 6) is 0.645. The number of aryl methyl sites for hydroxylation is 1. The van der Waals surface area contributed by atoms with Crippen LogP contribution in [-0.2, 0) is 7.05 Å². The number of benzene rings is 1. The van der Waals surface area contributed by atoms with Crippen LogP contribution in [0.15, 0.2) is 59.3 Å². The predicted molar refractivity (Wildman–Crippen MR) is 131 cm³/mol. The van der Waals surface area contributed by atoms with Crippen LogP contribution in [0, 0.1) is 0 Å². The van der Waals surface area contributed by atoms with Crippen molar-refractivity contribution < 1.29 is 18.0 Å². The second-order valence-electron chi connectivity index (χ2n) is 10.4. The Bertz CT molecular complexity index is 1230. The number of aromatic nitrogens is 2. The molecule has 2 aromatic heterocycles. The van der Waals surface area contributed by atoms with Crippen molar-refractivity contribution in [3.8, 4) is 0 Å². The smallest absolute Gasteiger partial charge is 0.370 e. The van der Waals surface area contributed by atoms with Crippen LogP contribution in [0.3, 0.4) is 0 Å². The highest BCUT2D eigenvalue weighted by Crippen LogP contribution is 2.34. The number of fused-ring (bicyclic) bond motifs is 5. The highest BCUT2D eigenvalue weighted by Gasteiger charge is 2.46. The molecular weight excluding hydrogens is 410 g/mol. The normalized spacial score (nSPS) is 27.5. The zero-order valence-corrected chi connectivity index (χ0v) is 19.8. The first kappa shape index (κ1) is 20.6. The van der Waals surface area contributed by atoms with Crippen molar-refractivity contribution >= 4 is 28.6 Å². The number of anilines is 1. The lowest BCUT2D eigenvalue weighted by Gasteiger charge is -2.54. The highest BCUT2D eigenvalue weighted by molar-refractivity contribution is 5.94. The predicted octanol–water partition coefficient (Wildman–Crippen LogP) is 3.21. The molecule has 1 aromatic carbocycles. The van der Waals surface area contributed by atoms with E-state index in [1.807, 2.05) is 29.9 Å². The van der Waals surface area contributed by atoms with E-state index < -0.39 is 0 Å². The second kappa shape index (κ2) is 7.82. The number of allylic oxidation sites excluding steroid dienone is 2. The molecule has 3 saturated heterocycles. The largest absolute Gasteiger partial charge is 0.411 e. The molecule has 0 atom stereocenters. The number of nitrogens with zero attached hydrogens (tertiary/aromatic N) is 5.